The van der Waals surface area contributed by atoms with E-state index in [1.807, 2.05) is 18.2 Å². The summed E-state index contributed by atoms with van der Waals surface area (Å²) in [5.74, 6) is 1.02. The maximum atomic E-state index is 10.9. The highest BCUT2D eigenvalue weighted by molar-refractivity contribution is 5.86. The number of carbonyl (C=O) groups is 1. The summed E-state index contributed by atoms with van der Waals surface area (Å²) in [6.07, 6.45) is 5.55. The molecule has 0 unspecified atom stereocenters. The fourth-order valence-electron chi connectivity index (χ4n) is 2.31. The van der Waals surface area contributed by atoms with Crippen molar-refractivity contribution >= 4 is 5.97 Å². The lowest BCUT2D eigenvalue weighted by Crippen LogP contribution is -2.03. The highest BCUT2D eigenvalue weighted by Gasteiger charge is 2.17. The number of aromatic nitrogens is 4. The third kappa shape index (κ3) is 2.94. The van der Waals surface area contributed by atoms with Gasteiger partial charge in [0.15, 0.2) is 17.2 Å². The Bertz CT molecular complexity index is 923. The summed E-state index contributed by atoms with van der Waals surface area (Å²) in [5, 5.41) is 12.8. The molecular formula is C16H12N4O5. The highest BCUT2D eigenvalue weighted by atomic mass is 16.7. The number of carboxylic acid groups (broad SMARTS) is 1. The number of benzene rings is 1. The van der Waals surface area contributed by atoms with Crippen LogP contribution >= 0.6 is 0 Å². The van der Waals surface area contributed by atoms with Gasteiger partial charge in [0.1, 0.15) is 6.61 Å². The van der Waals surface area contributed by atoms with Gasteiger partial charge in [-0.3, -0.25) is 0 Å². The lowest BCUT2D eigenvalue weighted by Gasteiger charge is -2.08. The van der Waals surface area contributed by atoms with Gasteiger partial charge in [-0.15, -0.1) is 0 Å². The molecule has 0 aliphatic carbocycles. The molecule has 2 aromatic heterocycles. The van der Waals surface area contributed by atoms with Crippen molar-refractivity contribution in [2.75, 3.05) is 6.79 Å². The molecular weight excluding hydrogens is 328 g/mol. The smallest absolute Gasteiger partial charge is 0.338 e. The van der Waals surface area contributed by atoms with Crippen LogP contribution in [0.5, 0.6) is 17.2 Å². The van der Waals surface area contributed by atoms with Gasteiger partial charge >= 0.3 is 5.97 Å². The van der Waals surface area contributed by atoms with Gasteiger partial charge < -0.3 is 19.3 Å². The van der Waals surface area contributed by atoms with Gasteiger partial charge in [-0.1, -0.05) is 12.1 Å². The van der Waals surface area contributed by atoms with E-state index in [0.717, 1.165) is 5.56 Å². The molecule has 25 heavy (non-hydrogen) atoms. The summed E-state index contributed by atoms with van der Waals surface area (Å²) in [4.78, 5) is 19.1. The first-order valence-corrected chi connectivity index (χ1v) is 7.31. The summed E-state index contributed by atoms with van der Waals surface area (Å²) < 4.78 is 17.7. The number of ether oxygens (including phenoxy) is 3. The van der Waals surface area contributed by atoms with E-state index in [1.165, 1.54) is 29.5 Å². The van der Waals surface area contributed by atoms with Crippen LogP contribution in [0, 0.1) is 0 Å². The molecule has 1 aliphatic heterocycles. The van der Waals surface area contributed by atoms with Crippen LogP contribution in [0.2, 0.25) is 0 Å². The van der Waals surface area contributed by atoms with Gasteiger partial charge in [0.2, 0.25) is 6.79 Å². The Kier molecular flexibility index (Phi) is 3.65. The largest absolute Gasteiger partial charge is 0.486 e. The van der Waals surface area contributed by atoms with E-state index < -0.39 is 5.97 Å². The quantitative estimate of drug-likeness (QED) is 0.747. The first-order chi connectivity index (χ1) is 12.2. The zero-order valence-electron chi connectivity index (χ0n) is 12.8. The van der Waals surface area contributed by atoms with Crippen molar-refractivity contribution in [3.05, 3.63) is 54.1 Å². The van der Waals surface area contributed by atoms with Crippen molar-refractivity contribution in [3.8, 4) is 23.2 Å². The maximum absolute atomic E-state index is 10.9. The number of hydrogen-bond acceptors (Lipinski definition) is 7. The second-order valence-corrected chi connectivity index (χ2v) is 5.14. The molecule has 1 aromatic carbocycles. The number of rotatable bonds is 5. The van der Waals surface area contributed by atoms with Crippen LogP contribution in [0.3, 0.4) is 0 Å². The van der Waals surface area contributed by atoms with Crippen molar-refractivity contribution in [3.63, 3.8) is 0 Å². The summed E-state index contributed by atoms with van der Waals surface area (Å²) in [7, 11) is 0. The van der Waals surface area contributed by atoms with Crippen LogP contribution in [0.15, 0.2) is 43.0 Å². The van der Waals surface area contributed by atoms with Crippen molar-refractivity contribution in [1.29, 1.82) is 0 Å². The number of aromatic carboxylic acids is 1. The molecule has 4 rings (SSSR count). The van der Waals surface area contributed by atoms with Gasteiger partial charge in [0.25, 0.3) is 5.95 Å². The third-order valence-corrected chi connectivity index (χ3v) is 3.52. The summed E-state index contributed by atoms with van der Waals surface area (Å²) in [6.45, 7) is 0.479. The Morgan fingerprint density at radius 2 is 2.08 bits per heavy atom. The Balaban J connectivity index is 1.46. The van der Waals surface area contributed by atoms with Gasteiger partial charge in [-0.25, -0.2) is 19.4 Å². The molecule has 126 valence electrons. The van der Waals surface area contributed by atoms with Crippen LogP contribution in [-0.2, 0) is 6.61 Å². The highest BCUT2D eigenvalue weighted by Crippen LogP contribution is 2.35. The van der Waals surface area contributed by atoms with Crippen molar-refractivity contribution < 1.29 is 24.1 Å². The Hall–Kier alpha value is -3.62. The Labute approximate surface area is 141 Å². The van der Waals surface area contributed by atoms with Crippen LogP contribution in [0.4, 0.5) is 0 Å². The maximum Gasteiger partial charge on any atom is 0.338 e. The number of para-hydroxylation sites is 1. The molecule has 0 radical (unpaired) electrons. The molecule has 0 saturated carbocycles. The molecule has 0 fully saturated rings. The second kappa shape index (κ2) is 6.11. The standard InChI is InChI=1S/C16H12N4O5/c21-15(22)11-4-19-20(7-11)16-17-5-12(6-18-16)23-8-10-2-1-3-13-14(10)25-9-24-13/h1-7H,8-9H2,(H,21,22). The van der Waals surface area contributed by atoms with E-state index in [4.69, 9.17) is 19.3 Å². The van der Waals surface area contributed by atoms with Crippen molar-refractivity contribution in [1.82, 2.24) is 19.7 Å². The molecule has 1 N–H and O–H groups in total. The summed E-state index contributed by atoms with van der Waals surface area (Å²) in [6, 6.07) is 5.59. The first kappa shape index (κ1) is 14.9. The van der Waals surface area contributed by atoms with E-state index in [0.29, 0.717) is 17.2 Å². The molecule has 3 aromatic rings. The van der Waals surface area contributed by atoms with Crippen LogP contribution in [-0.4, -0.2) is 37.6 Å². The molecule has 9 heteroatoms. The molecule has 0 spiro atoms. The van der Waals surface area contributed by atoms with Crippen LogP contribution in [0.1, 0.15) is 15.9 Å². The molecule has 3 heterocycles. The van der Waals surface area contributed by atoms with Gasteiger partial charge in [-0.2, -0.15) is 5.10 Å². The van der Waals surface area contributed by atoms with E-state index in [1.54, 1.807) is 0 Å². The molecule has 0 bridgehead atoms. The van der Waals surface area contributed by atoms with Gasteiger partial charge in [0.05, 0.1) is 24.2 Å². The zero-order chi connectivity index (χ0) is 17.2. The van der Waals surface area contributed by atoms with E-state index in [9.17, 15) is 4.79 Å². The molecule has 9 nitrogen and oxygen atoms in total. The first-order valence-electron chi connectivity index (χ1n) is 7.31. The fraction of sp³-hybridized carbons (Fsp3) is 0.125. The third-order valence-electron chi connectivity index (χ3n) is 3.52. The Morgan fingerprint density at radius 3 is 2.84 bits per heavy atom. The van der Waals surface area contributed by atoms with Crippen molar-refractivity contribution in [2.24, 2.45) is 0 Å². The predicted octanol–water partition coefficient (Wildman–Crippen LogP) is 1.67. The average molecular weight is 340 g/mol. The molecule has 1 aliphatic rings. The van der Waals surface area contributed by atoms with Gasteiger partial charge in [-0.05, 0) is 6.07 Å². The van der Waals surface area contributed by atoms with Crippen LogP contribution < -0.4 is 14.2 Å². The van der Waals surface area contributed by atoms with Crippen molar-refractivity contribution in [2.45, 2.75) is 6.61 Å². The molecule has 0 saturated heterocycles. The lowest BCUT2D eigenvalue weighted by atomic mass is 10.2. The van der Waals surface area contributed by atoms with E-state index in [-0.39, 0.29) is 24.9 Å². The fourth-order valence-corrected chi connectivity index (χ4v) is 2.31. The minimum atomic E-state index is -1.06. The number of hydrogen-bond donors (Lipinski definition) is 1. The SMILES string of the molecule is O=C(O)c1cnn(-c2ncc(OCc3cccc4c3OCO4)cn2)c1. The minimum Gasteiger partial charge on any atom is -0.486 e. The monoisotopic (exact) mass is 340 g/mol. The topological polar surface area (TPSA) is 109 Å². The number of carboxylic acids is 1. The predicted molar refractivity (Wildman–Crippen MR) is 83.0 cm³/mol. The lowest BCUT2D eigenvalue weighted by molar-refractivity contribution is 0.0697. The number of nitrogens with zero attached hydrogens (tertiary/aromatic N) is 4. The molecule has 0 amide bonds. The average Bonchev–Trinajstić information content (AvgIpc) is 3.30. The Morgan fingerprint density at radius 1 is 1.24 bits per heavy atom. The normalized spacial score (nSPS) is 12.2. The van der Waals surface area contributed by atoms with Crippen LogP contribution in [0.25, 0.3) is 5.95 Å². The molecule has 0 atom stereocenters. The second-order valence-electron chi connectivity index (χ2n) is 5.14. The van der Waals surface area contributed by atoms with E-state index in [2.05, 4.69) is 15.1 Å². The van der Waals surface area contributed by atoms with Gasteiger partial charge in [0, 0.05) is 11.8 Å². The summed E-state index contributed by atoms with van der Waals surface area (Å²) >= 11 is 0. The number of fused-ring (bicyclic) bond motifs is 1. The zero-order valence-corrected chi connectivity index (χ0v) is 12.8. The minimum absolute atomic E-state index is 0.0593. The van der Waals surface area contributed by atoms with E-state index >= 15 is 0 Å². The summed E-state index contributed by atoms with van der Waals surface area (Å²) in [5.41, 5.74) is 0.918.